The van der Waals surface area contributed by atoms with Crippen LogP contribution < -0.4 is 10.6 Å². The summed E-state index contributed by atoms with van der Waals surface area (Å²) in [5, 5.41) is 7.03. The summed E-state index contributed by atoms with van der Waals surface area (Å²) in [6.45, 7) is 3.29. The van der Waals surface area contributed by atoms with Gasteiger partial charge in [0.1, 0.15) is 0 Å². The second-order valence-electron chi connectivity index (χ2n) is 5.39. The molecule has 1 aromatic carbocycles. The smallest absolute Gasteiger partial charge is 0.0212 e. The molecular weight excluding hydrogens is 208 g/mol. The highest BCUT2D eigenvalue weighted by molar-refractivity contribution is 5.34. The lowest BCUT2D eigenvalue weighted by atomic mass is 9.93. The number of hydrogen-bond donors (Lipinski definition) is 2. The minimum Gasteiger partial charge on any atom is -0.314 e. The molecule has 2 nitrogen and oxygen atoms in total. The van der Waals surface area contributed by atoms with E-state index >= 15 is 0 Å². The van der Waals surface area contributed by atoms with E-state index < -0.39 is 0 Å². The third kappa shape index (κ3) is 2.70. The normalized spacial score (nSPS) is 19.1. The summed E-state index contributed by atoms with van der Waals surface area (Å²) in [5.41, 5.74) is 4.50. The summed E-state index contributed by atoms with van der Waals surface area (Å²) < 4.78 is 0. The molecule has 1 fully saturated rings. The van der Waals surface area contributed by atoms with Gasteiger partial charge in [-0.2, -0.15) is 0 Å². The highest BCUT2D eigenvalue weighted by Gasteiger charge is 2.15. The maximum absolute atomic E-state index is 3.63. The molecule has 2 heteroatoms. The van der Waals surface area contributed by atoms with E-state index in [4.69, 9.17) is 0 Å². The van der Waals surface area contributed by atoms with Crippen LogP contribution in [0.15, 0.2) is 18.2 Å². The Kier molecular flexibility index (Phi) is 3.44. The molecule has 0 bridgehead atoms. The molecule has 1 aromatic rings. The van der Waals surface area contributed by atoms with Crippen LogP contribution in [0.2, 0.25) is 0 Å². The molecule has 2 N–H and O–H groups in total. The van der Waals surface area contributed by atoms with Crippen molar-refractivity contribution in [1.82, 2.24) is 10.6 Å². The van der Waals surface area contributed by atoms with Crippen LogP contribution in [0.5, 0.6) is 0 Å². The van der Waals surface area contributed by atoms with E-state index in [1.54, 1.807) is 0 Å². The number of rotatable bonds is 5. The predicted octanol–water partition coefficient (Wildman–Crippen LogP) is 2.36. The van der Waals surface area contributed by atoms with Crippen LogP contribution in [0, 0.1) is 0 Å². The van der Waals surface area contributed by atoms with Crippen LogP contribution >= 0.6 is 0 Å². The predicted molar refractivity (Wildman–Crippen MR) is 70.9 cm³/mol. The fourth-order valence-corrected chi connectivity index (χ4v) is 2.71. The fourth-order valence-electron chi connectivity index (χ4n) is 2.71. The van der Waals surface area contributed by atoms with E-state index in [2.05, 4.69) is 28.8 Å². The zero-order chi connectivity index (χ0) is 11.5. The van der Waals surface area contributed by atoms with Crippen LogP contribution in [0.4, 0.5) is 0 Å². The number of fused-ring (bicyclic) bond motifs is 1. The van der Waals surface area contributed by atoms with Crippen LogP contribution in [0.3, 0.4) is 0 Å². The molecule has 0 aromatic heterocycles. The van der Waals surface area contributed by atoms with Crippen molar-refractivity contribution in [2.75, 3.05) is 6.54 Å². The number of hydrogen-bond acceptors (Lipinski definition) is 2. The zero-order valence-electron chi connectivity index (χ0n) is 10.5. The molecule has 0 amide bonds. The minimum absolute atomic E-state index is 0.833. The van der Waals surface area contributed by atoms with Crippen molar-refractivity contribution in [1.29, 1.82) is 0 Å². The van der Waals surface area contributed by atoms with Gasteiger partial charge in [-0.3, -0.25) is 0 Å². The van der Waals surface area contributed by atoms with Crippen molar-refractivity contribution in [3.05, 3.63) is 34.9 Å². The van der Waals surface area contributed by atoms with E-state index in [-0.39, 0.29) is 0 Å². The first-order chi connectivity index (χ1) is 8.42. The summed E-state index contributed by atoms with van der Waals surface area (Å²) in [6.07, 6.45) is 6.69. The molecule has 1 aliphatic carbocycles. The van der Waals surface area contributed by atoms with Crippen molar-refractivity contribution < 1.29 is 0 Å². The largest absolute Gasteiger partial charge is 0.314 e. The van der Waals surface area contributed by atoms with Gasteiger partial charge in [0.05, 0.1) is 0 Å². The van der Waals surface area contributed by atoms with Gasteiger partial charge in [-0.1, -0.05) is 24.6 Å². The molecule has 3 rings (SSSR count). The Morgan fingerprint density at radius 2 is 2.06 bits per heavy atom. The minimum atomic E-state index is 0.833. The number of nitrogens with one attached hydrogen (secondary N) is 2. The van der Waals surface area contributed by atoms with E-state index in [0.29, 0.717) is 0 Å². The molecule has 0 saturated heterocycles. The molecule has 1 saturated carbocycles. The van der Waals surface area contributed by atoms with E-state index in [0.717, 1.165) is 19.1 Å². The van der Waals surface area contributed by atoms with E-state index in [1.165, 1.54) is 55.3 Å². The monoisotopic (exact) mass is 230 g/mol. The summed E-state index contributed by atoms with van der Waals surface area (Å²) in [4.78, 5) is 0. The number of aryl methyl sites for hydroxylation is 1. The van der Waals surface area contributed by atoms with Gasteiger partial charge in [-0.15, -0.1) is 0 Å². The Balaban J connectivity index is 1.44. The van der Waals surface area contributed by atoms with Crippen LogP contribution in [0.1, 0.15) is 42.4 Å². The van der Waals surface area contributed by atoms with Crippen LogP contribution in [-0.4, -0.2) is 12.6 Å². The SMILES string of the molecule is c1cc2c(cc1CCCNC1CCC1)CNC2. The molecule has 0 spiro atoms. The van der Waals surface area contributed by atoms with Gasteiger partial charge in [0, 0.05) is 19.1 Å². The average Bonchev–Trinajstić information content (AvgIpc) is 2.73. The summed E-state index contributed by atoms with van der Waals surface area (Å²) in [6, 6.07) is 7.82. The fraction of sp³-hybridized carbons (Fsp3) is 0.600. The van der Waals surface area contributed by atoms with Crippen molar-refractivity contribution in [3.63, 3.8) is 0 Å². The second kappa shape index (κ2) is 5.19. The third-order valence-electron chi connectivity index (χ3n) is 4.08. The first-order valence-electron chi connectivity index (χ1n) is 6.96. The molecular formula is C15H22N2. The Bertz CT molecular complexity index is 383. The molecule has 1 heterocycles. The molecule has 17 heavy (non-hydrogen) atoms. The molecule has 0 radical (unpaired) electrons. The first-order valence-corrected chi connectivity index (χ1v) is 6.96. The van der Waals surface area contributed by atoms with Gasteiger partial charge < -0.3 is 10.6 Å². The summed E-state index contributed by atoms with van der Waals surface area (Å²) >= 11 is 0. The zero-order valence-corrected chi connectivity index (χ0v) is 10.5. The number of benzene rings is 1. The average molecular weight is 230 g/mol. The summed E-state index contributed by atoms with van der Waals surface area (Å²) in [7, 11) is 0. The lowest BCUT2D eigenvalue weighted by Crippen LogP contribution is -2.35. The Morgan fingerprint density at radius 1 is 1.18 bits per heavy atom. The summed E-state index contributed by atoms with van der Waals surface area (Å²) in [5.74, 6) is 0. The Labute approximate surface area is 104 Å². The van der Waals surface area contributed by atoms with Gasteiger partial charge in [-0.05, 0) is 48.9 Å². The van der Waals surface area contributed by atoms with Gasteiger partial charge in [-0.25, -0.2) is 0 Å². The van der Waals surface area contributed by atoms with Crippen LogP contribution in [0.25, 0.3) is 0 Å². The van der Waals surface area contributed by atoms with Crippen molar-refractivity contribution >= 4 is 0 Å². The Hall–Kier alpha value is -0.860. The molecule has 92 valence electrons. The van der Waals surface area contributed by atoms with Crippen molar-refractivity contribution in [3.8, 4) is 0 Å². The highest BCUT2D eigenvalue weighted by atomic mass is 14.9. The van der Waals surface area contributed by atoms with Crippen LogP contribution in [-0.2, 0) is 19.5 Å². The lowest BCUT2D eigenvalue weighted by Gasteiger charge is -2.26. The van der Waals surface area contributed by atoms with Gasteiger partial charge in [0.15, 0.2) is 0 Å². The maximum atomic E-state index is 3.63. The first kappa shape index (κ1) is 11.2. The van der Waals surface area contributed by atoms with E-state index in [1.807, 2.05) is 0 Å². The maximum Gasteiger partial charge on any atom is 0.0212 e. The quantitative estimate of drug-likeness (QED) is 0.759. The standard InChI is InChI=1S/C15H22N2/c1-4-15(5-1)17-8-2-3-12-6-7-13-10-16-11-14(13)9-12/h6-7,9,15-17H,1-5,8,10-11H2. The van der Waals surface area contributed by atoms with Gasteiger partial charge in [0.2, 0.25) is 0 Å². The third-order valence-corrected chi connectivity index (χ3v) is 4.08. The Morgan fingerprint density at radius 3 is 2.88 bits per heavy atom. The topological polar surface area (TPSA) is 24.1 Å². The molecule has 1 aliphatic heterocycles. The molecule has 2 aliphatic rings. The van der Waals surface area contributed by atoms with E-state index in [9.17, 15) is 0 Å². The lowest BCUT2D eigenvalue weighted by molar-refractivity contribution is 0.339. The van der Waals surface area contributed by atoms with Gasteiger partial charge in [0.25, 0.3) is 0 Å². The highest BCUT2D eigenvalue weighted by Crippen LogP contribution is 2.19. The molecule has 0 atom stereocenters. The molecule has 0 unspecified atom stereocenters. The second-order valence-corrected chi connectivity index (χ2v) is 5.39. The van der Waals surface area contributed by atoms with Crippen molar-refractivity contribution in [2.24, 2.45) is 0 Å². The van der Waals surface area contributed by atoms with Gasteiger partial charge >= 0.3 is 0 Å². The van der Waals surface area contributed by atoms with Crippen molar-refractivity contribution in [2.45, 2.75) is 51.2 Å².